The second-order valence-corrected chi connectivity index (χ2v) is 3.75. The summed E-state index contributed by atoms with van der Waals surface area (Å²) in [5, 5.41) is 0. The van der Waals surface area contributed by atoms with Gasteiger partial charge in [0.2, 0.25) is 0 Å². The number of nitrogens with one attached hydrogen (secondary N) is 1. The number of hydrogen-bond acceptors (Lipinski definition) is 4. The van der Waals surface area contributed by atoms with Gasteiger partial charge in [0.05, 0.1) is 0 Å². The molecule has 1 heterocycles. The average molecular weight is 230 g/mol. The molecule has 0 aliphatic rings. The average Bonchev–Trinajstić information content (AvgIpc) is 2.29. The molecule has 0 spiro atoms. The molecule has 0 saturated heterocycles. The van der Waals surface area contributed by atoms with Gasteiger partial charge in [0.25, 0.3) is 5.56 Å². The number of nitrogens with zero attached hydrogens (tertiary/aromatic N) is 1. The van der Waals surface area contributed by atoms with Crippen LogP contribution in [0, 0.1) is 0 Å². The standard InChI is InChI=1S/C12H14N4O/c13-6-5-8-1-3-9(4-2-8)12-15-10(14)7-11(17)16-12/h1-4,7H,5-6,13H2,(H3,14,15,16,17). The number of aromatic nitrogens is 2. The van der Waals surface area contributed by atoms with Crippen molar-refractivity contribution in [3.63, 3.8) is 0 Å². The van der Waals surface area contributed by atoms with Gasteiger partial charge in [-0.05, 0) is 18.5 Å². The maximum absolute atomic E-state index is 11.3. The van der Waals surface area contributed by atoms with E-state index in [4.69, 9.17) is 11.5 Å². The Kier molecular flexibility index (Phi) is 3.20. The summed E-state index contributed by atoms with van der Waals surface area (Å²) >= 11 is 0. The van der Waals surface area contributed by atoms with E-state index in [2.05, 4.69) is 9.97 Å². The van der Waals surface area contributed by atoms with E-state index in [-0.39, 0.29) is 11.4 Å². The lowest BCUT2D eigenvalue weighted by molar-refractivity contribution is 0.969. The van der Waals surface area contributed by atoms with Crippen LogP contribution in [0.5, 0.6) is 0 Å². The van der Waals surface area contributed by atoms with E-state index in [1.165, 1.54) is 6.07 Å². The van der Waals surface area contributed by atoms with Crippen molar-refractivity contribution in [2.24, 2.45) is 5.73 Å². The van der Waals surface area contributed by atoms with Crippen LogP contribution in [0.3, 0.4) is 0 Å². The lowest BCUT2D eigenvalue weighted by Gasteiger charge is -2.03. The van der Waals surface area contributed by atoms with Crippen LogP contribution in [0.1, 0.15) is 5.56 Å². The molecule has 0 saturated carbocycles. The van der Waals surface area contributed by atoms with Gasteiger partial charge in [-0.1, -0.05) is 24.3 Å². The van der Waals surface area contributed by atoms with E-state index < -0.39 is 0 Å². The van der Waals surface area contributed by atoms with Crippen LogP contribution in [0.4, 0.5) is 5.82 Å². The Hall–Kier alpha value is -2.14. The largest absolute Gasteiger partial charge is 0.383 e. The summed E-state index contributed by atoms with van der Waals surface area (Å²) in [7, 11) is 0. The van der Waals surface area contributed by atoms with E-state index in [9.17, 15) is 4.79 Å². The van der Waals surface area contributed by atoms with Crippen LogP contribution in [-0.4, -0.2) is 16.5 Å². The fourth-order valence-corrected chi connectivity index (χ4v) is 1.61. The summed E-state index contributed by atoms with van der Waals surface area (Å²) in [6.07, 6.45) is 0.834. The lowest BCUT2D eigenvalue weighted by atomic mass is 10.1. The number of anilines is 1. The van der Waals surface area contributed by atoms with E-state index in [1.54, 1.807) is 0 Å². The molecule has 0 bridgehead atoms. The molecule has 1 aromatic heterocycles. The highest BCUT2D eigenvalue weighted by Crippen LogP contribution is 2.15. The highest BCUT2D eigenvalue weighted by atomic mass is 16.1. The van der Waals surface area contributed by atoms with Crippen molar-refractivity contribution in [1.29, 1.82) is 0 Å². The molecular formula is C12H14N4O. The van der Waals surface area contributed by atoms with Gasteiger partial charge in [0.15, 0.2) is 0 Å². The first kappa shape index (κ1) is 11.3. The minimum atomic E-state index is -0.251. The molecule has 2 rings (SSSR count). The Bertz CT molecular complexity index is 559. The van der Waals surface area contributed by atoms with Crippen molar-refractivity contribution in [1.82, 2.24) is 9.97 Å². The van der Waals surface area contributed by atoms with Crippen LogP contribution in [0.15, 0.2) is 35.1 Å². The highest BCUT2D eigenvalue weighted by Gasteiger charge is 2.02. The molecule has 5 nitrogen and oxygen atoms in total. The zero-order valence-electron chi connectivity index (χ0n) is 9.31. The van der Waals surface area contributed by atoms with Crippen molar-refractivity contribution in [3.05, 3.63) is 46.2 Å². The number of aromatic amines is 1. The normalized spacial score (nSPS) is 10.4. The van der Waals surface area contributed by atoms with Crippen molar-refractivity contribution >= 4 is 5.82 Å². The van der Waals surface area contributed by atoms with Crippen LogP contribution in [0.2, 0.25) is 0 Å². The fourth-order valence-electron chi connectivity index (χ4n) is 1.61. The Morgan fingerprint density at radius 3 is 2.53 bits per heavy atom. The molecule has 0 fully saturated rings. The zero-order chi connectivity index (χ0) is 12.3. The monoisotopic (exact) mass is 230 g/mol. The quantitative estimate of drug-likeness (QED) is 0.716. The van der Waals surface area contributed by atoms with E-state index in [1.807, 2.05) is 24.3 Å². The topological polar surface area (TPSA) is 97.8 Å². The van der Waals surface area contributed by atoms with Crippen molar-refractivity contribution < 1.29 is 0 Å². The van der Waals surface area contributed by atoms with Crippen LogP contribution >= 0.6 is 0 Å². The third-order valence-corrected chi connectivity index (χ3v) is 2.42. The minimum Gasteiger partial charge on any atom is -0.383 e. The van der Waals surface area contributed by atoms with E-state index in [0.717, 1.165) is 17.5 Å². The van der Waals surface area contributed by atoms with Gasteiger partial charge in [-0.2, -0.15) is 0 Å². The molecule has 0 aliphatic carbocycles. The summed E-state index contributed by atoms with van der Waals surface area (Å²) in [4.78, 5) is 18.0. The molecule has 0 radical (unpaired) electrons. The van der Waals surface area contributed by atoms with Crippen LogP contribution in [0.25, 0.3) is 11.4 Å². The van der Waals surface area contributed by atoms with Crippen LogP contribution in [-0.2, 0) is 6.42 Å². The number of H-pyrrole nitrogens is 1. The third-order valence-electron chi connectivity index (χ3n) is 2.42. The Balaban J connectivity index is 2.36. The number of nitrogens with two attached hydrogens (primary N) is 2. The van der Waals surface area contributed by atoms with Crippen molar-refractivity contribution in [2.75, 3.05) is 12.3 Å². The first-order valence-corrected chi connectivity index (χ1v) is 5.35. The first-order valence-electron chi connectivity index (χ1n) is 5.35. The van der Waals surface area contributed by atoms with Gasteiger partial charge in [-0.25, -0.2) is 4.98 Å². The molecule has 88 valence electrons. The molecular weight excluding hydrogens is 216 g/mol. The number of rotatable bonds is 3. The van der Waals surface area contributed by atoms with Gasteiger partial charge in [0.1, 0.15) is 11.6 Å². The van der Waals surface area contributed by atoms with Gasteiger partial charge in [0, 0.05) is 11.6 Å². The number of hydrogen-bond donors (Lipinski definition) is 3. The summed E-state index contributed by atoms with van der Waals surface area (Å²) in [6, 6.07) is 8.97. The van der Waals surface area contributed by atoms with Crippen LogP contribution < -0.4 is 17.0 Å². The molecule has 17 heavy (non-hydrogen) atoms. The molecule has 5 heteroatoms. The number of benzene rings is 1. The van der Waals surface area contributed by atoms with Crippen molar-refractivity contribution in [2.45, 2.75) is 6.42 Å². The summed E-state index contributed by atoms with van der Waals surface area (Å²) in [5.41, 5.74) is 12.7. The predicted molar refractivity (Wildman–Crippen MR) is 67.5 cm³/mol. The Labute approximate surface area is 98.5 Å². The van der Waals surface area contributed by atoms with Gasteiger partial charge in [-0.15, -0.1) is 0 Å². The van der Waals surface area contributed by atoms with Gasteiger partial charge < -0.3 is 16.5 Å². The molecule has 2 aromatic rings. The molecule has 5 N–H and O–H groups in total. The zero-order valence-corrected chi connectivity index (χ0v) is 9.31. The fraction of sp³-hybridized carbons (Fsp3) is 0.167. The van der Waals surface area contributed by atoms with Crippen molar-refractivity contribution in [3.8, 4) is 11.4 Å². The number of nitrogen functional groups attached to an aromatic ring is 1. The molecule has 0 atom stereocenters. The highest BCUT2D eigenvalue weighted by molar-refractivity contribution is 5.56. The second-order valence-electron chi connectivity index (χ2n) is 3.75. The first-order chi connectivity index (χ1) is 8.19. The minimum absolute atomic E-state index is 0.217. The third kappa shape index (κ3) is 2.70. The summed E-state index contributed by atoms with van der Waals surface area (Å²) < 4.78 is 0. The SMILES string of the molecule is NCCc1ccc(-c2nc(N)cc(=O)[nH]2)cc1. The molecule has 0 aliphatic heterocycles. The maximum Gasteiger partial charge on any atom is 0.253 e. The smallest absolute Gasteiger partial charge is 0.253 e. The van der Waals surface area contributed by atoms with Gasteiger partial charge in [-0.3, -0.25) is 4.79 Å². The predicted octanol–water partition coefficient (Wildman–Crippen LogP) is 0.520. The van der Waals surface area contributed by atoms with Gasteiger partial charge >= 0.3 is 0 Å². The van der Waals surface area contributed by atoms with E-state index >= 15 is 0 Å². The Morgan fingerprint density at radius 2 is 1.94 bits per heavy atom. The molecule has 1 aromatic carbocycles. The summed E-state index contributed by atoms with van der Waals surface area (Å²) in [6.45, 7) is 0.618. The molecule has 0 unspecified atom stereocenters. The summed E-state index contributed by atoms with van der Waals surface area (Å²) in [5.74, 6) is 0.698. The maximum atomic E-state index is 11.3. The van der Waals surface area contributed by atoms with E-state index in [0.29, 0.717) is 12.4 Å². The Morgan fingerprint density at radius 1 is 1.24 bits per heavy atom. The lowest BCUT2D eigenvalue weighted by Crippen LogP contribution is -2.09. The molecule has 0 amide bonds. The second kappa shape index (κ2) is 4.80.